The molecule has 0 aromatic carbocycles. The van der Waals surface area contributed by atoms with E-state index in [2.05, 4.69) is 20.8 Å². The Bertz CT molecular complexity index is 351. The Hall–Kier alpha value is -0.830. The Morgan fingerprint density at radius 3 is 2.95 bits per heavy atom. The number of ether oxygens (including phenoxy) is 1. The highest BCUT2D eigenvalue weighted by Crippen LogP contribution is 2.42. The molecule has 0 radical (unpaired) electrons. The summed E-state index contributed by atoms with van der Waals surface area (Å²) in [7, 11) is 0. The highest BCUT2D eigenvalue weighted by molar-refractivity contribution is 5.78. The van der Waals surface area contributed by atoms with Crippen molar-refractivity contribution in [1.82, 2.24) is 4.90 Å². The van der Waals surface area contributed by atoms with Crippen LogP contribution < -0.4 is 0 Å². The summed E-state index contributed by atoms with van der Waals surface area (Å²) < 4.78 is 5.88. The van der Waals surface area contributed by atoms with Crippen LogP contribution in [0, 0.1) is 11.3 Å². The molecule has 0 spiro atoms. The van der Waals surface area contributed by atoms with Gasteiger partial charge in [0.25, 0.3) is 5.91 Å². The summed E-state index contributed by atoms with van der Waals surface area (Å²) in [5.41, 5.74) is 0.375. The van der Waals surface area contributed by atoms with Gasteiger partial charge in [0.15, 0.2) is 0 Å². The lowest BCUT2D eigenvalue weighted by Gasteiger charge is -2.41. The molecule has 1 saturated carbocycles. The Kier molecular flexibility index (Phi) is 4.67. The van der Waals surface area contributed by atoms with Crippen LogP contribution in [-0.2, 0) is 9.53 Å². The molecular weight excluding hydrogens is 238 g/mol. The Balaban J connectivity index is 1.79. The number of hydrogen-bond donors (Lipinski definition) is 0. The van der Waals surface area contributed by atoms with E-state index in [1.165, 1.54) is 12.8 Å². The van der Waals surface area contributed by atoms with Gasteiger partial charge in [-0.05, 0) is 37.0 Å². The second kappa shape index (κ2) is 6.08. The second-order valence-corrected chi connectivity index (χ2v) is 6.60. The molecule has 1 aliphatic heterocycles. The quantitative estimate of drug-likeness (QED) is 0.780. The van der Waals surface area contributed by atoms with Crippen molar-refractivity contribution in [2.24, 2.45) is 11.3 Å². The molecule has 1 aliphatic carbocycles. The lowest BCUT2D eigenvalue weighted by Crippen LogP contribution is -2.36. The molecule has 0 aromatic heterocycles. The van der Waals surface area contributed by atoms with E-state index in [-0.39, 0.29) is 18.6 Å². The first-order chi connectivity index (χ1) is 9.01. The molecule has 2 atom stereocenters. The molecule has 0 bridgehead atoms. The number of nitrogens with zero attached hydrogens (tertiary/aromatic N) is 1. The third-order valence-electron chi connectivity index (χ3n) is 4.95. The van der Waals surface area contributed by atoms with Crippen molar-refractivity contribution in [3.8, 4) is 0 Å². The van der Waals surface area contributed by atoms with E-state index in [4.69, 9.17) is 4.74 Å². The average molecular weight is 265 g/mol. The smallest absolute Gasteiger partial charge is 0.252 e. The van der Waals surface area contributed by atoms with Crippen molar-refractivity contribution in [3.05, 3.63) is 12.3 Å². The van der Waals surface area contributed by atoms with Gasteiger partial charge in [0.2, 0.25) is 0 Å². The molecule has 0 aromatic rings. The van der Waals surface area contributed by atoms with Gasteiger partial charge in [-0.1, -0.05) is 33.3 Å². The Labute approximate surface area is 117 Å². The number of carbonyl (C=O) groups is 1. The molecule has 1 heterocycles. The maximum absolute atomic E-state index is 11.9. The number of amides is 1. The lowest BCUT2D eigenvalue weighted by atomic mass is 9.67. The van der Waals surface area contributed by atoms with Crippen LogP contribution in [0.15, 0.2) is 12.3 Å². The summed E-state index contributed by atoms with van der Waals surface area (Å²) in [5.74, 6) is 0.779. The standard InChI is InChI=1S/C16H27NO2/c1-13(2)16(3)8-6-7-14(11-16)19-12-15(18)17-9-4-5-10-17/h4,9,13-14H,5-8,10-12H2,1-3H3. The highest BCUT2D eigenvalue weighted by Gasteiger charge is 2.35. The predicted octanol–water partition coefficient (Wildman–Crippen LogP) is 3.35. The van der Waals surface area contributed by atoms with E-state index >= 15 is 0 Å². The van der Waals surface area contributed by atoms with Crippen molar-refractivity contribution < 1.29 is 9.53 Å². The van der Waals surface area contributed by atoms with Gasteiger partial charge in [0, 0.05) is 12.7 Å². The van der Waals surface area contributed by atoms with Crippen LogP contribution in [0.5, 0.6) is 0 Å². The average Bonchev–Trinajstić information content (AvgIpc) is 2.90. The number of hydrogen-bond acceptors (Lipinski definition) is 2. The topological polar surface area (TPSA) is 29.5 Å². The normalized spacial score (nSPS) is 31.2. The fourth-order valence-electron chi connectivity index (χ4n) is 3.09. The molecule has 2 unspecified atom stereocenters. The molecule has 2 rings (SSSR count). The Morgan fingerprint density at radius 2 is 2.32 bits per heavy atom. The lowest BCUT2D eigenvalue weighted by molar-refractivity contribution is -0.137. The van der Waals surface area contributed by atoms with Crippen LogP contribution in [-0.4, -0.2) is 30.1 Å². The fraction of sp³-hybridized carbons (Fsp3) is 0.812. The van der Waals surface area contributed by atoms with Crippen LogP contribution >= 0.6 is 0 Å². The SMILES string of the molecule is CC(C)C1(C)CCCC(OCC(=O)N2C=CCC2)C1. The van der Waals surface area contributed by atoms with Crippen LogP contribution in [0.2, 0.25) is 0 Å². The van der Waals surface area contributed by atoms with Gasteiger partial charge in [0.05, 0.1) is 6.10 Å². The molecule has 3 heteroatoms. The summed E-state index contributed by atoms with van der Waals surface area (Å²) in [6.45, 7) is 8.00. The molecule has 0 saturated heterocycles. The molecule has 19 heavy (non-hydrogen) atoms. The highest BCUT2D eigenvalue weighted by atomic mass is 16.5. The molecular formula is C16H27NO2. The van der Waals surface area contributed by atoms with Crippen LogP contribution in [0.1, 0.15) is 52.9 Å². The van der Waals surface area contributed by atoms with E-state index in [1.54, 1.807) is 4.90 Å². The minimum absolute atomic E-state index is 0.102. The third kappa shape index (κ3) is 3.59. The summed E-state index contributed by atoms with van der Waals surface area (Å²) in [6.07, 6.45) is 9.85. The molecule has 2 aliphatic rings. The largest absolute Gasteiger partial charge is 0.368 e. The Morgan fingerprint density at radius 1 is 1.53 bits per heavy atom. The maximum atomic E-state index is 11.9. The molecule has 1 fully saturated rings. The van der Waals surface area contributed by atoms with Gasteiger partial charge in [0.1, 0.15) is 6.61 Å². The zero-order chi connectivity index (χ0) is 13.9. The van der Waals surface area contributed by atoms with Crippen molar-refractivity contribution in [3.63, 3.8) is 0 Å². The zero-order valence-corrected chi connectivity index (χ0v) is 12.5. The van der Waals surface area contributed by atoms with Crippen LogP contribution in [0.25, 0.3) is 0 Å². The summed E-state index contributed by atoms with van der Waals surface area (Å²) in [4.78, 5) is 13.7. The van der Waals surface area contributed by atoms with Gasteiger partial charge in [-0.2, -0.15) is 0 Å². The summed E-state index contributed by atoms with van der Waals surface area (Å²) in [6, 6.07) is 0. The van der Waals surface area contributed by atoms with Crippen molar-refractivity contribution in [2.45, 2.75) is 59.0 Å². The van der Waals surface area contributed by atoms with Gasteiger partial charge in [-0.25, -0.2) is 0 Å². The van der Waals surface area contributed by atoms with Gasteiger partial charge in [-0.15, -0.1) is 0 Å². The fourth-order valence-corrected chi connectivity index (χ4v) is 3.09. The van der Waals surface area contributed by atoms with Crippen molar-refractivity contribution in [1.29, 1.82) is 0 Å². The van der Waals surface area contributed by atoms with E-state index in [0.29, 0.717) is 11.3 Å². The van der Waals surface area contributed by atoms with Gasteiger partial charge in [-0.3, -0.25) is 4.79 Å². The maximum Gasteiger partial charge on any atom is 0.252 e. The number of carbonyl (C=O) groups excluding carboxylic acids is 1. The summed E-state index contributed by atoms with van der Waals surface area (Å²) in [5, 5.41) is 0. The second-order valence-electron chi connectivity index (χ2n) is 6.60. The number of rotatable bonds is 4. The minimum Gasteiger partial charge on any atom is -0.368 e. The van der Waals surface area contributed by atoms with Gasteiger partial charge >= 0.3 is 0 Å². The van der Waals surface area contributed by atoms with E-state index < -0.39 is 0 Å². The molecule has 0 N–H and O–H groups in total. The van der Waals surface area contributed by atoms with E-state index in [0.717, 1.165) is 25.8 Å². The van der Waals surface area contributed by atoms with Crippen LogP contribution in [0.4, 0.5) is 0 Å². The molecule has 3 nitrogen and oxygen atoms in total. The molecule has 108 valence electrons. The van der Waals surface area contributed by atoms with Crippen molar-refractivity contribution in [2.75, 3.05) is 13.2 Å². The molecule has 1 amide bonds. The van der Waals surface area contributed by atoms with Crippen LogP contribution in [0.3, 0.4) is 0 Å². The van der Waals surface area contributed by atoms with Gasteiger partial charge < -0.3 is 9.64 Å². The van der Waals surface area contributed by atoms with Crippen molar-refractivity contribution >= 4 is 5.91 Å². The monoisotopic (exact) mass is 265 g/mol. The van der Waals surface area contributed by atoms with E-state index in [9.17, 15) is 4.79 Å². The zero-order valence-electron chi connectivity index (χ0n) is 12.5. The first-order valence-corrected chi connectivity index (χ1v) is 7.59. The summed E-state index contributed by atoms with van der Waals surface area (Å²) >= 11 is 0. The third-order valence-corrected chi connectivity index (χ3v) is 4.95. The predicted molar refractivity (Wildman–Crippen MR) is 76.6 cm³/mol. The van der Waals surface area contributed by atoms with E-state index in [1.807, 2.05) is 12.3 Å². The minimum atomic E-state index is 0.102. The first kappa shape index (κ1) is 14.6. The first-order valence-electron chi connectivity index (χ1n) is 7.59.